The van der Waals surface area contributed by atoms with Gasteiger partial charge in [-0.3, -0.25) is 9.00 Å². The first kappa shape index (κ1) is 17.3. The van der Waals surface area contributed by atoms with Gasteiger partial charge in [0.25, 0.3) is 0 Å². The summed E-state index contributed by atoms with van der Waals surface area (Å²) in [6.07, 6.45) is -0.501. The van der Waals surface area contributed by atoms with E-state index in [0.717, 1.165) is 11.1 Å². The molecule has 0 N–H and O–H groups in total. The predicted octanol–water partition coefficient (Wildman–Crippen LogP) is 4.25. The third-order valence-corrected chi connectivity index (χ3v) is 7.32. The molecule has 0 amide bonds. The number of ketones is 1. The van der Waals surface area contributed by atoms with E-state index in [9.17, 15) is 9.00 Å². The molecule has 3 aromatic rings. The monoisotopic (exact) mass is 390 g/mol. The highest BCUT2D eigenvalue weighted by molar-refractivity contribution is 7.85. The third-order valence-electron chi connectivity index (χ3n) is 5.48. The van der Waals surface area contributed by atoms with Crippen LogP contribution in [0.4, 0.5) is 0 Å². The van der Waals surface area contributed by atoms with Crippen LogP contribution in [0.1, 0.15) is 32.8 Å². The van der Waals surface area contributed by atoms with Crippen LogP contribution in [0.25, 0.3) is 0 Å². The molecule has 5 rings (SSSR count). The fourth-order valence-corrected chi connectivity index (χ4v) is 6.01. The molecule has 0 saturated carbocycles. The normalized spacial score (nSPS) is 28.0. The number of hydrogen-bond acceptors (Lipinski definition) is 4. The second-order valence-corrected chi connectivity index (χ2v) is 8.45. The Balaban J connectivity index is 1.71. The van der Waals surface area contributed by atoms with Gasteiger partial charge in [-0.25, -0.2) is 0 Å². The first-order valence-corrected chi connectivity index (χ1v) is 10.3. The van der Waals surface area contributed by atoms with Crippen molar-refractivity contribution in [2.75, 3.05) is 7.11 Å². The van der Waals surface area contributed by atoms with Gasteiger partial charge in [-0.05, 0) is 17.7 Å². The average Bonchev–Trinajstić information content (AvgIpc) is 3.49. The van der Waals surface area contributed by atoms with Gasteiger partial charge in [0.2, 0.25) is 5.78 Å². The molecule has 2 aliphatic rings. The van der Waals surface area contributed by atoms with E-state index in [-0.39, 0.29) is 5.78 Å². The maximum absolute atomic E-state index is 13.6. The van der Waals surface area contributed by atoms with Crippen LogP contribution in [-0.2, 0) is 15.5 Å². The van der Waals surface area contributed by atoms with E-state index in [2.05, 4.69) is 0 Å². The van der Waals surface area contributed by atoms with Gasteiger partial charge in [0.15, 0.2) is 5.60 Å². The van der Waals surface area contributed by atoms with E-state index in [1.807, 2.05) is 60.7 Å². The van der Waals surface area contributed by atoms with Crippen molar-refractivity contribution in [3.63, 3.8) is 0 Å². The Morgan fingerprint density at radius 3 is 2.39 bits per heavy atom. The highest BCUT2D eigenvalue weighted by Crippen LogP contribution is 2.64. The molecule has 4 nitrogen and oxygen atoms in total. The number of ether oxygens (including phenoxy) is 2. The van der Waals surface area contributed by atoms with Crippen molar-refractivity contribution in [1.29, 1.82) is 0 Å². The molecule has 2 heterocycles. The van der Waals surface area contributed by atoms with E-state index in [1.54, 1.807) is 25.3 Å². The lowest BCUT2D eigenvalue weighted by molar-refractivity contribution is 0.0859. The van der Waals surface area contributed by atoms with Crippen LogP contribution in [-0.4, -0.2) is 22.7 Å². The van der Waals surface area contributed by atoms with Crippen molar-refractivity contribution in [1.82, 2.24) is 0 Å². The molecule has 5 heteroatoms. The van der Waals surface area contributed by atoms with E-state index >= 15 is 0 Å². The van der Waals surface area contributed by atoms with Crippen molar-refractivity contribution < 1.29 is 18.5 Å². The summed E-state index contributed by atoms with van der Waals surface area (Å²) in [7, 11) is 0.175. The molecule has 28 heavy (non-hydrogen) atoms. The predicted molar refractivity (Wildman–Crippen MR) is 106 cm³/mol. The Kier molecular flexibility index (Phi) is 3.96. The Morgan fingerprint density at radius 2 is 1.61 bits per heavy atom. The van der Waals surface area contributed by atoms with Gasteiger partial charge >= 0.3 is 0 Å². The van der Waals surface area contributed by atoms with Crippen molar-refractivity contribution in [2.24, 2.45) is 0 Å². The number of rotatable bonds is 3. The quantitative estimate of drug-likeness (QED) is 0.628. The number of carbonyl (C=O) groups is 1. The van der Waals surface area contributed by atoms with Gasteiger partial charge in [0, 0.05) is 11.1 Å². The summed E-state index contributed by atoms with van der Waals surface area (Å²) >= 11 is 0. The summed E-state index contributed by atoms with van der Waals surface area (Å²) in [5.74, 6) is 0.543. The van der Waals surface area contributed by atoms with Crippen molar-refractivity contribution in [3.05, 3.63) is 95.6 Å². The summed E-state index contributed by atoms with van der Waals surface area (Å²) in [6.45, 7) is 0. The molecule has 0 radical (unpaired) electrons. The summed E-state index contributed by atoms with van der Waals surface area (Å²) in [6, 6.07) is 24.1. The maximum Gasteiger partial charge on any atom is 0.200 e. The van der Waals surface area contributed by atoms with E-state index in [0.29, 0.717) is 16.2 Å². The molecule has 0 aliphatic carbocycles. The minimum Gasteiger partial charge on any atom is -0.496 e. The van der Waals surface area contributed by atoms with Crippen LogP contribution in [0, 0.1) is 0 Å². The Morgan fingerprint density at radius 1 is 0.929 bits per heavy atom. The van der Waals surface area contributed by atoms with Gasteiger partial charge < -0.3 is 9.47 Å². The Labute approximate surface area is 165 Å². The topological polar surface area (TPSA) is 55.9 Å². The molecule has 2 aliphatic heterocycles. The maximum atomic E-state index is 13.6. The van der Waals surface area contributed by atoms with Crippen LogP contribution in [0.3, 0.4) is 0 Å². The lowest BCUT2D eigenvalue weighted by Gasteiger charge is -2.30. The zero-order valence-electron chi connectivity index (χ0n) is 15.2. The molecule has 4 unspecified atom stereocenters. The van der Waals surface area contributed by atoms with Gasteiger partial charge in [-0.1, -0.05) is 66.7 Å². The summed E-state index contributed by atoms with van der Waals surface area (Å²) < 4.78 is 25.2. The number of epoxide rings is 1. The Hall–Kier alpha value is -2.76. The zero-order chi connectivity index (χ0) is 19.3. The second-order valence-electron chi connectivity index (χ2n) is 6.95. The van der Waals surface area contributed by atoms with Crippen molar-refractivity contribution in [2.45, 2.75) is 21.9 Å². The van der Waals surface area contributed by atoms with Gasteiger partial charge in [-0.2, -0.15) is 0 Å². The van der Waals surface area contributed by atoms with Crippen LogP contribution >= 0.6 is 0 Å². The molecule has 0 bridgehead atoms. The lowest BCUT2D eigenvalue weighted by atomic mass is 9.84. The molecular weight excluding hydrogens is 372 g/mol. The summed E-state index contributed by atoms with van der Waals surface area (Å²) in [4.78, 5) is 14.2. The number of para-hydroxylation sites is 1. The first-order chi connectivity index (χ1) is 13.7. The number of hydrogen-bond donors (Lipinski definition) is 0. The number of fused-ring (bicyclic) bond motifs is 1. The number of carbonyl (C=O) groups excluding carboxylic acids is 1. The fourth-order valence-electron chi connectivity index (χ4n) is 4.15. The van der Waals surface area contributed by atoms with E-state index in [4.69, 9.17) is 9.47 Å². The fraction of sp³-hybridized carbons (Fsp3) is 0.174. The summed E-state index contributed by atoms with van der Waals surface area (Å²) in [5.41, 5.74) is 0.928. The minimum atomic E-state index is -1.42. The number of benzene rings is 3. The molecule has 1 saturated heterocycles. The molecule has 4 atom stereocenters. The largest absolute Gasteiger partial charge is 0.496 e. The van der Waals surface area contributed by atoms with Crippen molar-refractivity contribution >= 4 is 16.6 Å². The van der Waals surface area contributed by atoms with Gasteiger partial charge in [0.1, 0.15) is 17.1 Å². The van der Waals surface area contributed by atoms with Crippen molar-refractivity contribution in [3.8, 4) is 5.75 Å². The standard InChI is InChI=1S/C23H18O4S/c1-26-18-13-7-5-11-16(18)21-23(27-21)20(24)17-12-6-8-14-19(17)28(25)22(23)15-9-3-2-4-10-15/h2-14,21-22H,1H3. The van der Waals surface area contributed by atoms with E-state index in [1.165, 1.54) is 0 Å². The SMILES string of the molecule is COc1ccccc1C1OC12C(=O)c1ccccc1S(=O)C2c1ccccc1. The smallest absolute Gasteiger partial charge is 0.200 e. The number of methoxy groups -OCH3 is 1. The van der Waals surface area contributed by atoms with Crippen LogP contribution in [0.15, 0.2) is 83.8 Å². The number of Topliss-reactive ketones (excluding diaryl/α,β-unsaturated/α-hetero) is 1. The van der Waals surface area contributed by atoms with Gasteiger partial charge in [0.05, 0.1) is 22.8 Å². The highest BCUT2D eigenvalue weighted by Gasteiger charge is 2.72. The van der Waals surface area contributed by atoms with Gasteiger partial charge in [-0.15, -0.1) is 0 Å². The molecule has 1 spiro atoms. The molecule has 3 aromatic carbocycles. The minimum absolute atomic E-state index is 0.118. The lowest BCUT2D eigenvalue weighted by Crippen LogP contribution is -2.40. The zero-order valence-corrected chi connectivity index (χ0v) is 16.0. The Bertz CT molecular complexity index is 1090. The van der Waals surface area contributed by atoms with Crippen LogP contribution in [0.2, 0.25) is 0 Å². The second kappa shape index (κ2) is 6.40. The summed E-state index contributed by atoms with van der Waals surface area (Å²) in [5, 5.41) is -0.578. The molecule has 1 fully saturated rings. The molecular formula is C23H18O4S. The molecule has 0 aromatic heterocycles. The van der Waals surface area contributed by atoms with E-state index < -0.39 is 27.8 Å². The third kappa shape index (κ3) is 2.33. The first-order valence-electron chi connectivity index (χ1n) is 9.08. The average molecular weight is 390 g/mol. The van der Waals surface area contributed by atoms with Crippen LogP contribution < -0.4 is 4.74 Å². The molecule has 140 valence electrons. The highest BCUT2D eigenvalue weighted by atomic mass is 32.2. The van der Waals surface area contributed by atoms with Crippen LogP contribution in [0.5, 0.6) is 5.75 Å².